The Hall–Kier alpha value is -0.550. The van der Waals surface area contributed by atoms with E-state index >= 15 is 0 Å². The van der Waals surface area contributed by atoms with Crippen molar-refractivity contribution in [3.63, 3.8) is 0 Å². The maximum Gasteiger partial charge on any atom is 0.0684 e. The van der Waals surface area contributed by atoms with Crippen molar-refractivity contribution in [3.8, 4) is 6.07 Å². The maximum atomic E-state index is 8.77. The number of nitrogens with one attached hydrogen (secondary N) is 1. The van der Waals surface area contributed by atoms with E-state index in [0.717, 1.165) is 25.4 Å². The van der Waals surface area contributed by atoms with Gasteiger partial charge < -0.3 is 5.32 Å². The second-order valence-electron chi connectivity index (χ2n) is 4.46. The molecule has 13 heavy (non-hydrogen) atoms. The van der Waals surface area contributed by atoms with Gasteiger partial charge in [0.2, 0.25) is 0 Å². The maximum absolute atomic E-state index is 8.77. The Morgan fingerprint density at radius 3 is 2.54 bits per heavy atom. The standard InChI is InChI=1S/C11H22N2/c1-5-10(2)8-13-7-6-11(3,4)9-12/h10,13H,5-8H2,1-4H3. The Labute approximate surface area is 82.3 Å². The highest BCUT2D eigenvalue weighted by atomic mass is 14.9. The van der Waals surface area contributed by atoms with Gasteiger partial charge in [-0.15, -0.1) is 0 Å². The Morgan fingerprint density at radius 2 is 2.08 bits per heavy atom. The predicted molar refractivity (Wildman–Crippen MR) is 56.3 cm³/mol. The van der Waals surface area contributed by atoms with Gasteiger partial charge in [-0.1, -0.05) is 20.3 Å². The van der Waals surface area contributed by atoms with Crippen molar-refractivity contribution in [2.75, 3.05) is 13.1 Å². The van der Waals surface area contributed by atoms with Crippen molar-refractivity contribution in [2.24, 2.45) is 11.3 Å². The van der Waals surface area contributed by atoms with Gasteiger partial charge in [-0.05, 0) is 39.3 Å². The van der Waals surface area contributed by atoms with Crippen molar-refractivity contribution in [1.82, 2.24) is 5.32 Å². The van der Waals surface area contributed by atoms with Crippen LogP contribution in [0.4, 0.5) is 0 Å². The van der Waals surface area contributed by atoms with Crippen molar-refractivity contribution < 1.29 is 0 Å². The van der Waals surface area contributed by atoms with Crippen LogP contribution in [-0.2, 0) is 0 Å². The van der Waals surface area contributed by atoms with E-state index in [1.165, 1.54) is 6.42 Å². The normalized spacial score (nSPS) is 13.8. The van der Waals surface area contributed by atoms with Crippen LogP contribution >= 0.6 is 0 Å². The lowest BCUT2D eigenvalue weighted by Gasteiger charge is -2.16. The molecule has 1 N–H and O–H groups in total. The molecule has 0 bridgehead atoms. The summed E-state index contributed by atoms with van der Waals surface area (Å²) >= 11 is 0. The fraction of sp³-hybridized carbons (Fsp3) is 0.909. The molecule has 0 saturated heterocycles. The summed E-state index contributed by atoms with van der Waals surface area (Å²) in [5.41, 5.74) is -0.178. The molecule has 0 aliphatic rings. The first-order valence-corrected chi connectivity index (χ1v) is 5.14. The van der Waals surface area contributed by atoms with Gasteiger partial charge in [-0.25, -0.2) is 0 Å². The van der Waals surface area contributed by atoms with E-state index in [-0.39, 0.29) is 5.41 Å². The number of hydrogen-bond acceptors (Lipinski definition) is 2. The molecular formula is C11H22N2. The second kappa shape index (κ2) is 5.99. The molecule has 0 aromatic carbocycles. The monoisotopic (exact) mass is 182 g/mol. The minimum absolute atomic E-state index is 0.178. The first-order chi connectivity index (χ1) is 6.02. The molecule has 0 aromatic heterocycles. The second-order valence-corrected chi connectivity index (χ2v) is 4.46. The lowest BCUT2D eigenvalue weighted by Crippen LogP contribution is -2.25. The van der Waals surface area contributed by atoms with Crippen LogP contribution in [0.1, 0.15) is 40.5 Å². The third-order valence-electron chi connectivity index (χ3n) is 2.42. The van der Waals surface area contributed by atoms with Crippen LogP contribution in [0.5, 0.6) is 0 Å². The Kier molecular flexibility index (Phi) is 5.73. The number of nitriles is 1. The van der Waals surface area contributed by atoms with E-state index in [1.54, 1.807) is 0 Å². The minimum Gasteiger partial charge on any atom is -0.316 e. The molecule has 2 heteroatoms. The number of rotatable bonds is 6. The minimum atomic E-state index is -0.178. The molecule has 1 unspecified atom stereocenters. The summed E-state index contributed by atoms with van der Waals surface area (Å²) in [6, 6.07) is 2.30. The van der Waals surface area contributed by atoms with E-state index in [9.17, 15) is 0 Å². The summed E-state index contributed by atoms with van der Waals surface area (Å²) in [6.45, 7) is 10.4. The summed E-state index contributed by atoms with van der Waals surface area (Å²) in [6.07, 6.45) is 2.15. The van der Waals surface area contributed by atoms with Crippen molar-refractivity contribution in [3.05, 3.63) is 0 Å². The van der Waals surface area contributed by atoms with E-state index in [1.807, 2.05) is 13.8 Å². The highest BCUT2D eigenvalue weighted by molar-refractivity contribution is 4.91. The molecule has 0 saturated carbocycles. The third kappa shape index (κ3) is 6.60. The van der Waals surface area contributed by atoms with Gasteiger partial charge in [0.15, 0.2) is 0 Å². The highest BCUT2D eigenvalue weighted by Gasteiger charge is 2.15. The zero-order valence-corrected chi connectivity index (χ0v) is 9.35. The van der Waals surface area contributed by atoms with E-state index < -0.39 is 0 Å². The summed E-state index contributed by atoms with van der Waals surface area (Å²) in [5, 5.41) is 12.1. The van der Waals surface area contributed by atoms with Crippen molar-refractivity contribution in [1.29, 1.82) is 5.26 Å². The lowest BCUT2D eigenvalue weighted by molar-refractivity contribution is 0.413. The van der Waals surface area contributed by atoms with Gasteiger partial charge in [0.25, 0.3) is 0 Å². The molecular weight excluding hydrogens is 160 g/mol. The van der Waals surface area contributed by atoms with Crippen LogP contribution in [0.2, 0.25) is 0 Å². The van der Waals surface area contributed by atoms with Gasteiger partial charge in [0, 0.05) is 0 Å². The van der Waals surface area contributed by atoms with Crippen LogP contribution in [-0.4, -0.2) is 13.1 Å². The van der Waals surface area contributed by atoms with Crippen LogP contribution in [0.3, 0.4) is 0 Å². The molecule has 0 radical (unpaired) electrons. The molecule has 1 atom stereocenters. The molecule has 0 amide bonds. The Balaban J connectivity index is 3.42. The molecule has 0 rings (SSSR count). The summed E-state index contributed by atoms with van der Waals surface area (Å²) in [5.74, 6) is 0.741. The fourth-order valence-electron chi connectivity index (χ4n) is 0.950. The van der Waals surface area contributed by atoms with Crippen molar-refractivity contribution in [2.45, 2.75) is 40.5 Å². The first kappa shape index (κ1) is 12.4. The lowest BCUT2D eigenvalue weighted by atomic mass is 9.91. The average Bonchev–Trinajstić information content (AvgIpc) is 2.12. The van der Waals surface area contributed by atoms with Gasteiger partial charge >= 0.3 is 0 Å². The van der Waals surface area contributed by atoms with E-state index in [2.05, 4.69) is 25.2 Å². The topological polar surface area (TPSA) is 35.8 Å². The van der Waals surface area contributed by atoms with Crippen LogP contribution in [0, 0.1) is 22.7 Å². The van der Waals surface area contributed by atoms with Gasteiger partial charge in [0.05, 0.1) is 11.5 Å². The SMILES string of the molecule is CCC(C)CNCCC(C)(C)C#N. The first-order valence-electron chi connectivity index (χ1n) is 5.14. The molecule has 0 spiro atoms. The van der Waals surface area contributed by atoms with Gasteiger partial charge in [-0.2, -0.15) is 5.26 Å². The van der Waals surface area contributed by atoms with Crippen LogP contribution < -0.4 is 5.32 Å². The van der Waals surface area contributed by atoms with E-state index in [4.69, 9.17) is 5.26 Å². The molecule has 0 fully saturated rings. The largest absolute Gasteiger partial charge is 0.316 e. The molecule has 0 aliphatic carbocycles. The molecule has 0 aromatic rings. The predicted octanol–water partition coefficient (Wildman–Crippen LogP) is 2.56. The Morgan fingerprint density at radius 1 is 1.46 bits per heavy atom. The quantitative estimate of drug-likeness (QED) is 0.641. The summed E-state index contributed by atoms with van der Waals surface area (Å²) in [7, 11) is 0. The molecule has 76 valence electrons. The van der Waals surface area contributed by atoms with Gasteiger partial charge in [-0.3, -0.25) is 0 Å². The summed E-state index contributed by atoms with van der Waals surface area (Å²) < 4.78 is 0. The smallest absolute Gasteiger partial charge is 0.0684 e. The average molecular weight is 182 g/mol. The van der Waals surface area contributed by atoms with Crippen LogP contribution in [0.25, 0.3) is 0 Å². The molecule has 0 aliphatic heterocycles. The zero-order chi connectivity index (χ0) is 10.3. The van der Waals surface area contributed by atoms with E-state index in [0.29, 0.717) is 0 Å². The number of nitrogens with zero attached hydrogens (tertiary/aromatic N) is 1. The molecule has 0 heterocycles. The van der Waals surface area contributed by atoms with Gasteiger partial charge in [0.1, 0.15) is 0 Å². The third-order valence-corrected chi connectivity index (χ3v) is 2.42. The summed E-state index contributed by atoms with van der Waals surface area (Å²) in [4.78, 5) is 0. The zero-order valence-electron chi connectivity index (χ0n) is 9.35. The number of hydrogen-bond donors (Lipinski definition) is 1. The molecule has 2 nitrogen and oxygen atoms in total. The van der Waals surface area contributed by atoms with Crippen molar-refractivity contribution >= 4 is 0 Å². The fourth-order valence-corrected chi connectivity index (χ4v) is 0.950. The Bertz CT molecular complexity index is 167. The van der Waals surface area contributed by atoms with Crippen LogP contribution in [0.15, 0.2) is 0 Å². The highest BCUT2D eigenvalue weighted by Crippen LogP contribution is 2.17.